The molecular weight excluding hydrogens is 242 g/mol. The van der Waals surface area contributed by atoms with Crippen LogP contribution in [0.3, 0.4) is 0 Å². The van der Waals surface area contributed by atoms with Gasteiger partial charge >= 0.3 is 6.09 Å². The molecule has 0 fully saturated rings. The minimum atomic E-state index is -0.490. The first-order valence-electron chi connectivity index (χ1n) is 6.60. The van der Waals surface area contributed by atoms with Gasteiger partial charge in [-0.2, -0.15) is 0 Å². The predicted octanol–water partition coefficient (Wildman–Crippen LogP) is 3.25. The topological polar surface area (TPSA) is 49.8 Å². The number of nitrogens with zero attached hydrogens (tertiary/aromatic N) is 1. The summed E-state index contributed by atoms with van der Waals surface area (Å²) in [6.45, 7) is 8.11. The van der Waals surface area contributed by atoms with E-state index < -0.39 is 5.60 Å². The van der Waals surface area contributed by atoms with Gasteiger partial charge in [-0.1, -0.05) is 12.1 Å². The Morgan fingerprint density at radius 1 is 1.42 bits per heavy atom. The molecule has 0 saturated carbocycles. The van der Waals surface area contributed by atoms with Crippen LogP contribution >= 0.6 is 0 Å². The molecule has 0 saturated heterocycles. The van der Waals surface area contributed by atoms with E-state index in [1.807, 2.05) is 39.8 Å². The van der Waals surface area contributed by atoms with Crippen molar-refractivity contribution in [2.45, 2.75) is 45.8 Å². The molecule has 1 aromatic carbocycles. The van der Waals surface area contributed by atoms with Crippen LogP contribution in [0.1, 0.15) is 44.9 Å². The minimum absolute atomic E-state index is 0.0781. The maximum atomic E-state index is 12.2. The summed E-state index contributed by atoms with van der Waals surface area (Å²) in [6.07, 6.45) is 0.361. The number of fused-ring (bicyclic) bond motifs is 1. The number of carbonyl (C=O) groups excluding carboxylic acids is 1. The molecule has 1 unspecified atom stereocenters. The molecule has 104 valence electrons. The Kier molecular flexibility index (Phi) is 3.43. The third-order valence-corrected chi connectivity index (χ3v) is 3.34. The highest BCUT2D eigenvalue weighted by Gasteiger charge is 2.31. The van der Waals surface area contributed by atoms with Crippen LogP contribution in [0.5, 0.6) is 5.75 Å². The van der Waals surface area contributed by atoms with E-state index >= 15 is 0 Å². The van der Waals surface area contributed by atoms with E-state index in [0.717, 1.165) is 11.1 Å². The van der Waals surface area contributed by atoms with Crippen LogP contribution in [0.15, 0.2) is 18.2 Å². The summed E-state index contributed by atoms with van der Waals surface area (Å²) in [4.78, 5) is 13.9. The van der Waals surface area contributed by atoms with Crippen molar-refractivity contribution >= 4 is 6.09 Å². The molecule has 2 rings (SSSR count). The number of aromatic hydroxyl groups is 1. The number of ether oxygens (including phenoxy) is 1. The lowest BCUT2D eigenvalue weighted by molar-refractivity contribution is 0.0158. The van der Waals surface area contributed by atoms with Gasteiger partial charge in [-0.05, 0) is 45.7 Å². The van der Waals surface area contributed by atoms with Crippen molar-refractivity contribution in [1.82, 2.24) is 4.90 Å². The summed E-state index contributed by atoms with van der Waals surface area (Å²) in [5.41, 5.74) is 1.45. The molecule has 0 spiro atoms. The number of amides is 1. The van der Waals surface area contributed by atoms with E-state index in [-0.39, 0.29) is 12.1 Å². The van der Waals surface area contributed by atoms with E-state index in [2.05, 4.69) is 0 Å². The maximum absolute atomic E-state index is 12.2. The normalized spacial score (nSPS) is 18.9. The van der Waals surface area contributed by atoms with Crippen molar-refractivity contribution < 1.29 is 14.6 Å². The van der Waals surface area contributed by atoms with Gasteiger partial charge in [0.15, 0.2) is 0 Å². The van der Waals surface area contributed by atoms with Gasteiger partial charge in [-0.15, -0.1) is 0 Å². The van der Waals surface area contributed by atoms with E-state index in [0.29, 0.717) is 18.7 Å². The Balaban J connectivity index is 2.22. The van der Waals surface area contributed by atoms with Crippen LogP contribution < -0.4 is 0 Å². The first kappa shape index (κ1) is 13.7. The lowest BCUT2D eigenvalue weighted by atomic mass is 9.93. The van der Waals surface area contributed by atoms with Crippen molar-refractivity contribution in [3.8, 4) is 5.75 Å². The van der Waals surface area contributed by atoms with E-state index in [9.17, 15) is 9.90 Å². The van der Waals surface area contributed by atoms with Gasteiger partial charge in [0.2, 0.25) is 0 Å². The summed E-state index contributed by atoms with van der Waals surface area (Å²) in [5.74, 6) is 0.313. The Morgan fingerprint density at radius 3 is 2.74 bits per heavy atom. The average molecular weight is 263 g/mol. The molecule has 19 heavy (non-hydrogen) atoms. The molecule has 0 radical (unpaired) electrons. The molecule has 1 aromatic rings. The smallest absolute Gasteiger partial charge is 0.410 e. The molecule has 1 heterocycles. The van der Waals surface area contributed by atoms with Crippen molar-refractivity contribution in [3.05, 3.63) is 29.3 Å². The van der Waals surface area contributed by atoms with Crippen molar-refractivity contribution in [2.24, 2.45) is 0 Å². The number of phenols is 1. The van der Waals surface area contributed by atoms with Crippen molar-refractivity contribution in [2.75, 3.05) is 6.54 Å². The van der Waals surface area contributed by atoms with Crippen molar-refractivity contribution in [3.63, 3.8) is 0 Å². The van der Waals surface area contributed by atoms with Gasteiger partial charge in [-0.25, -0.2) is 4.79 Å². The highest BCUT2D eigenvalue weighted by Crippen LogP contribution is 2.34. The molecule has 1 amide bonds. The number of carbonyl (C=O) groups is 1. The molecule has 0 aromatic heterocycles. The van der Waals surface area contributed by atoms with Crippen LogP contribution in [-0.4, -0.2) is 28.2 Å². The van der Waals surface area contributed by atoms with Gasteiger partial charge in [0.1, 0.15) is 11.4 Å². The van der Waals surface area contributed by atoms with Gasteiger partial charge in [0.05, 0.1) is 6.04 Å². The van der Waals surface area contributed by atoms with Crippen LogP contribution in [0, 0.1) is 0 Å². The summed E-state index contributed by atoms with van der Waals surface area (Å²) in [6, 6.07) is 5.37. The summed E-state index contributed by atoms with van der Waals surface area (Å²) >= 11 is 0. The molecule has 4 nitrogen and oxygen atoms in total. The lowest BCUT2D eigenvalue weighted by Gasteiger charge is -2.36. The fourth-order valence-electron chi connectivity index (χ4n) is 2.42. The third-order valence-electron chi connectivity index (χ3n) is 3.34. The first-order chi connectivity index (χ1) is 8.79. The fourth-order valence-corrected chi connectivity index (χ4v) is 2.42. The van der Waals surface area contributed by atoms with Gasteiger partial charge in [0.25, 0.3) is 0 Å². The highest BCUT2D eigenvalue weighted by molar-refractivity contribution is 5.69. The second-order valence-corrected chi connectivity index (χ2v) is 5.94. The quantitative estimate of drug-likeness (QED) is 0.781. The Labute approximate surface area is 114 Å². The van der Waals surface area contributed by atoms with Crippen LogP contribution in [0.25, 0.3) is 0 Å². The minimum Gasteiger partial charge on any atom is -0.508 e. The van der Waals surface area contributed by atoms with E-state index in [1.165, 1.54) is 0 Å². The molecule has 1 N–H and O–H groups in total. The van der Waals surface area contributed by atoms with Crippen LogP contribution in [-0.2, 0) is 11.2 Å². The zero-order chi connectivity index (χ0) is 14.2. The van der Waals surface area contributed by atoms with E-state index in [4.69, 9.17) is 4.74 Å². The molecule has 1 aliphatic heterocycles. The summed E-state index contributed by atoms with van der Waals surface area (Å²) in [7, 11) is 0. The number of rotatable bonds is 0. The molecule has 0 bridgehead atoms. The first-order valence-corrected chi connectivity index (χ1v) is 6.60. The fraction of sp³-hybridized carbons (Fsp3) is 0.533. The number of hydrogen-bond acceptors (Lipinski definition) is 3. The van der Waals surface area contributed by atoms with Crippen LogP contribution in [0.2, 0.25) is 0 Å². The summed E-state index contributed by atoms with van der Waals surface area (Å²) < 4.78 is 5.42. The van der Waals surface area contributed by atoms with Crippen molar-refractivity contribution in [1.29, 1.82) is 0 Å². The SMILES string of the molecule is CC1c2cccc(O)c2CCN1C(=O)OC(C)(C)C. The Hall–Kier alpha value is -1.71. The maximum Gasteiger partial charge on any atom is 0.410 e. The Bertz CT molecular complexity index is 491. The molecule has 0 aliphatic carbocycles. The Morgan fingerprint density at radius 2 is 2.11 bits per heavy atom. The molecule has 1 aliphatic rings. The largest absolute Gasteiger partial charge is 0.508 e. The predicted molar refractivity (Wildman–Crippen MR) is 73.2 cm³/mol. The zero-order valence-electron chi connectivity index (χ0n) is 11.9. The zero-order valence-corrected chi connectivity index (χ0v) is 11.9. The number of hydrogen-bond donors (Lipinski definition) is 1. The van der Waals surface area contributed by atoms with Gasteiger partial charge in [0, 0.05) is 12.1 Å². The number of phenolic OH excluding ortho intramolecular Hbond substituents is 1. The molecule has 1 atom stereocenters. The summed E-state index contributed by atoms with van der Waals surface area (Å²) in [5, 5.41) is 9.85. The average Bonchev–Trinajstić information content (AvgIpc) is 2.28. The van der Waals surface area contributed by atoms with E-state index in [1.54, 1.807) is 11.0 Å². The number of benzene rings is 1. The monoisotopic (exact) mass is 263 g/mol. The second kappa shape index (κ2) is 4.76. The van der Waals surface area contributed by atoms with Crippen LogP contribution in [0.4, 0.5) is 4.79 Å². The highest BCUT2D eigenvalue weighted by atomic mass is 16.6. The lowest BCUT2D eigenvalue weighted by Crippen LogP contribution is -2.42. The standard InChI is InChI=1S/C15H21NO3/c1-10-11-6-5-7-13(17)12(11)8-9-16(10)14(18)19-15(2,3)4/h5-7,10,17H,8-9H2,1-4H3. The third kappa shape index (κ3) is 2.83. The second-order valence-electron chi connectivity index (χ2n) is 5.94. The molecular formula is C15H21NO3. The van der Waals surface area contributed by atoms with Gasteiger partial charge < -0.3 is 14.7 Å². The molecule has 4 heteroatoms. The van der Waals surface area contributed by atoms with Gasteiger partial charge in [-0.3, -0.25) is 0 Å².